The number of H-pyrrole nitrogens is 1. The van der Waals surface area contributed by atoms with Crippen LogP contribution >= 0.6 is 0 Å². The molecule has 2 rings (SSSR count). The van der Waals surface area contributed by atoms with Crippen molar-refractivity contribution in [3.05, 3.63) is 53.1 Å². The van der Waals surface area contributed by atoms with Gasteiger partial charge in [0.05, 0.1) is 0 Å². The van der Waals surface area contributed by atoms with Crippen molar-refractivity contribution in [2.45, 2.75) is 33.1 Å². The SMILES string of the molecule is Cc1cccc(CCC(=O)NCCc2cnc(C)[nH]2)c1. The first-order chi connectivity index (χ1) is 9.63. The minimum Gasteiger partial charge on any atom is -0.356 e. The first kappa shape index (κ1) is 14.3. The summed E-state index contributed by atoms with van der Waals surface area (Å²) in [6.07, 6.45) is 3.92. The number of imidazole rings is 1. The van der Waals surface area contributed by atoms with Crippen molar-refractivity contribution in [2.75, 3.05) is 6.54 Å². The number of nitrogens with zero attached hydrogens (tertiary/aromatic N) is 1. The normalized spacial score (nSPS) is 10.5. The monoisotopic (exact) mass is 271 g/mol. The molecule has 0 fully saturated rings. The molecule has 2 N–H and O–H groups in total. The van der Waals surface area contributed by atoms with E-state index in [2.05, 4.69) is 40.4 Å². The van der Waals surface area contributed by atoms with Crippen molar-refractivity contribution in [1.82, 2.24) is 15.3 Å². The molecule has 0 spiro atoms. The Morgan fingerprint density at radius 3 is 2.85 bits per heavy atom. The minimum atomic E-state index is 0.0998. The lowest BCUT2D eigenvalue weighted by atomic mass is 10.1. The summed E-state index contributed by atoms with van der Waals surface area (Å²) in [4.78, 5) is 19.0. The Kier molecular flexibility index (Phi) is 4.93. The van der Waals surface area contributed by atoms with Crippen LogP contribution in [0.3, 0.4) is 0 Å². The van der Waals surface area contributed by atoms with Crippen molar-refractivity contribution in [2.24, 2.45) is 0 Å². The molecule has 20 heavy (non-hydrogen) atoms. The molecule has 0 unspecified atom stereocenters. The van der Waals surface area contributed by atoms with Gasteiger partial charge in [-0.15, -0.1) is 0 Å². The number of nitrogens with one attached hydrogen (secondary N) is 2. The van der Waals surface area contributed by atoms with Gasteiger partial charge in [0, 0.05) is 31.3 Å². The van der Waals surface area contributed by atoms with Crippen molar-refractivity contribution in [3.8, 4) is 0 Å². The third-order valence-electron chi connectivity index (χ3n) is 3.20. The molecule has 1 heterocycles. The van der Waals surface area contributed by atoms with Crippen molar-refractivity contribution >= 4 is 5.91 Å². The summed E-state index contributed by atoms with van der Waals surface area (Å²) >= 11 is 0. The third kappa shape index (κ3) is 4.53. The fraction of sp³-hybridized carbons (Fsp3) is 0.375. The molecule has 0 aliphatic carbocycles. The molecule has 0 aliphatic heterocycles. The van der Waals surface area contributed by atoms with E-state index >= 15 is 0 Å². The fourth-order valence-corrected chi connectivity index (χ4v) is 2.15. The smallest absolute Gasteiger partial charge is 0.220 e. The summed E-state index contributed by atoms with van der Waals surface area (Å²) < 4.78 is 0. The number of hydrogen-bond acceptors (Lipinski definition) is 2. The molecule has 4 heteroatoms. The highest BCUT2D eigenvalue weighted by molar-refractivity contribution is 5.76. The maximum absolute atomic E-state index is 11.8. The first-order valence-electron chi connectivity index (χ1n) is 6.96. The molecule has 0 saturated carbocycles. The van der Waals surface area contributed by atoms with Crippen LogP contribution in [-0.2, 0) is 17.6 Å². The van der Waals surface area contributed by atoms with E-state index in [0.29, 0.717) is 13.0 Å². The lowest BCUT2D eigenvalue weighted by Gasteiger charge is -2.05. The Labute approximate surface area is 119 Å². The predicted molar refractivity (Wildman–Crippen MR) is 79.5 cm³/mol. The molecule has 1 aromatic carbocycles. The zero-order valence-electron chi connectivity index (χ0n) is 12.1. The molecular formula is C16H21N3O. The van der Waals surface area contributed by atoms with Crippen molar-refractivity contribution in [1.29, 1.82) is 0 Å². The number of carbonyl (C=O) groups is 1. The highest BCUT2D eigenvalue weighted by Crippen LogP contribution is 2.06. The highest BCUT2D eigenvalue weighted by atomic mass is 16.1. The standard InChI is InChI=1S/C16H21N3O/c1-12-4-3-5-14(10-12)6-7-16(20)17-9-8-15-11-18-13(2)19-15/h3-5,10-11H,6-9H2,1-2H3,(H,17,20)(H,18,19). The number of hydrogen-bond donors (Lipinski definition) is 2. The summed E-state index contributed by atoms with van der Waals surface area (Å²) in [7, 11) is 0. The molecule has 0 aliphatic rings. The predicted octanol–water partition coefficient (Wildman–Crippen LogP) is 2.32. The van der Waals surface area contributed by atoms with E-state index in [1.165, 1.54) is 11.1 Å². The zero-order valence-corrected chi connectivity index (χ0v) is 12.1. The topological polar surface area (TPSA) is 57.8 Å². The van der Waals surface area contributed by atoms with Gasteiger partial charge in [0.1, 0.15) is 5.82 Å². The highest BCUT2D eigenvalue weighted by Gasteiger charge is 2.03. The first-order valence-corrected chi connectivity index (χ1v) is 6.96. The van der Waals surface area contributed by atoms with Gasteiger partial charge in [-0.2, -0.15) is 0 Å². The van der Waals surface area contributed by atoms with Gasteiger partial charge in [-0.05, 0) is 25.8 Å². The van der Waals surface area contributed by atoms with Crippen molar-refractivity contribution < 1.29 is 4.79 Å². The number of benzene rings is 1. The Morgan fingerprint density at radius 2 is 2.15 bits per heavy atom. The second-order valence-corrected chi connectivity index (χ2v) is 5.08. The average molecular weight is 271 g/mol. The Hall–Kier alpha value is -2.10. The maximum Gasteiger partial charge on any atom is 0.220 e. The summed E-state index contributed by atoms with van der Waals surface area (Å²) in [6.45, 7) is 4.63. The summed E-state index contributed by atoms with van der Waals surface area (Å²) in [6, 6.07) is 8.29. The molecule has 4 nitrogen and oxygen atoms in total. The van der Waals surface area contributed by atoms with Gasteiger partial charge in [0.15, 0.2) is 0 Å². The van der Waals surface area contributed by atoms with Crippen LogP contribution in [-0.4, -0.2) is 22.4 Å². The Bertz CT molecular complexity index is 575. The van der Waals surface area contributed by atoms with Crippen LogP contribution in [0.4, 0.5) is 0 Å². The van der Waals surface area contributed by atoms with E-state index in [9.17, 15) is 4.79 Å². The van der Waals surface area contributed by atoms with Gasteiger partial charge in [-0.3, -0.25) is 4.79 Å². The van der Waals surface area contributed by atoms with Gasteiger partial charge in [-0.1, -0.05) is 29.8 Å². The summed E-state index contributed by atoms with van der Waals surface area (Å²) in [5, 5.41) is 2.94. The van der Waals surface area contributed by atoms with E-state index in [0.717, 1.165) is 24.4 Å². The Morgan fingerprint density at radius 1 is 1.30 bits per heavy atom. The van der Waals surface area contributed by atoms with Gasteiger partial charge in [-0.25, -0.2) is 4.98 Å². The molecular weight excluding hydrogens is 250 g/mol. The number of rotatable bonds is 6. The lowest BCUT2D eigenvalue weighted by molar-refractivity contribution is -0.121. The second-order valence-electron chi connectivity index (χ2n) is 5.08. The minimum absolute atomic E-state index is 0.0998. The van der Waals surface area contributed by atoms with E-state index < -0.39 is 0 Å². The van der Waals surface area contributed by atoms with Crippen molar-refractivity contribution in [3.63, 3.8) is 0 Å². The molecule has 0 bridgehead atoms. The lowest BCUT2D eigenvalue weighted by Crippen LogP contribution is -2.25. The van der Waals surface area contributed by atoms with Gasteiger partial charge < -0.3 is 10.3 Å². The second kappa shape index (κ2) is 6.89. The van der Waals surface area contributed by atoms with Crippen LogP contribution in [0.1, 0.15) is 29.1 Å². The number of amides is 1. The van der Waals surface area contributed by atoms with E-state index in [1.54, 1.807) is 0 Å². The molecule has 1 aromatic heterocycles. The fourth-order valence-electron chi connectivity index (χ4n) is 2.15. The van der Waals surface area contributed by atoms with Crippen LogP contribution in [0.25, 0.3) is 0 Å². The van der Waals surface area contributed by atoms with Crippen LogP contribution in [0.15, 0.2) is 30.5 Å². The van der Waals surface area contributed by atoms with Crippen LogP contribution in [0.5, 0.6) is 0 Å². The number of aromatic amines is 1. The maximum atomic E-state index is 11.8. The van der Waals surface area contributed by atoms with E-state index in [4.69, 9.17) is 0 Å². The zero-order chi connectivity index (χ0) is 14.4. The molecule has 0 atom stereocenters. The van der Waals surface area contributed by atoms with E-state index in [-0.39, 0.29) is 5.91 Å². The summed E-state index contributed by atoms with van der Waals surface area (Å²) in [5.41, 5.74) is 3.50. The number of aryl methyl sites for hydroxylation is 3. The van der Waals surface area contributed by atoms with Crippen LogP contribution in [0.2, 0.25) is 0 Å². The van der Waals surface area contributed by atoms with Crippen LogP contribution in [0, 0.1) is 13.8 Å². The van der Waals surface area contributed by atoms with E-state index in [1.807, 2.05) is 19.2 Å². The Balaban J connectivity index is 1.68. The molecule has 0 saturated heterocycles. The van der Waals surface area contributed by atoms with Gasteiger partial charge in [0.2, 0.25) is 5.91 Å². The van der Waals surface area contributed by atoms with Gasteiger partial charge in [0.25, 0.3) is 0 Å². The average Bonchev–Trinajstić information content (AvgIpc) is 2.82. The molecule has 106 valence electrons. The molecule has 2 aromatic rings. The quantitative estimate of drug-likeness (QED) is 0.847. The summed E-state index contributed by atoms with van der Waals surface area (Å²) in [5.74, 6) is 1.01. The molecule has 1 amide bonds. The number of aromatic nitrogens is 2. The third-order valence-corrected chi connectivity index (χ3v) is 3.20. The van der Waals surface area contributed by atoms with Crippen LogP contribution < -0.4 is 5.32 Å². The van der Waals surface area contributed by atoms with Gasteiger partial charge >= 0.3 is 0 Å². The number of carbonyl (C=O) groups excluding carboxylic acids is 1. The largest absolute Gasteiger partial charge is 0.356 e. The molecule has 0 radical (unpaired) electrons.